The molecular formula is C26H24ClN3O5. The fraction of sp³-hybridized carbons (Fsp3) is 0.308. The summed E-state index contributed by atoms with van der Waals surface area (Å²) in [7, 11) is 0. The van der Waals surface area contributed by atoms with Crippen LogP contribution >= 0.6 is 11.6 Å². The van der Waals surface area contributed by atoms with Crippen LogP contribution in [-0.2, 0) is 14.2 Å². The van der Waals surface area contributed by atoms with Crippen LogP contribution in [0.5, 0.6) is 6.01 Å². The molecule has 4 aromatic rings. The second-order valence-corrected chi connectivity index (χ2v) is 8.97. The number of hydrogen-bond acceptors (Lipinski definition) is 7. The number of fused-ring (bicyclic) bond motifs is 2. The average Bonchev–Trinajstić information content (AvgIpc) is 3.59. The zero-order valence-corrected chi connectivity index (χ0v) is 19.5. The third kappa shape index (κ3) is 4.39. The highest BCUT2D eigenvalue weighted by Crippen LogP contribution is 2.33. The van der Waals surface area contributed by atoms with Crippen molar-refractivity contribution in [3.63, 3.8) is 0 Å². The molecule has 4 atom stereocenters. The fourth-order valence-corrected chi connectivity index (χ4v) is 4.89. The van der Waals surface area contributed by atoms with Gasteiger partial charge in [-0.15, -0.1) is 0 Å². The van der Waals surface area contributed by atoms with Gasteiger partial charge in [-0.3, -0.25) is 0 Å². The maximum absolute atomic E-state index is 9.00. The Labute approximate surface area is 206 Å². The molecule has 2 aromatic carbocycles. The van der Waals surface area contributed by atoms with E-state index in [0.29, 0.717) is 41.1 Å². The van der Waals surface area contributed by atoms with E-state index in [0.717, 1.165) is 16.7 Å². The summed E-state index contributed by atoms with van der Waals surface area (Å²) in [5.74, 6) is 0. The first-order valence-electron chi connectivity index (χ1n) is 11.5. The summed E-state index contributed by atoms with van der Waals surface area (Å²) in [6.07, 6.45) is -1.03. The molecule has 0 saturated carbocycles. The zero-order chi connectivity index (χ0) is 23.8. The number of pyridine rings is 1. The molecule has 0 aliphatic carbocycles. The predicted molar refractivity (Wildman–Crippen MR) is 130 cm³/mol. The SMILES string of the molecule is OCCO[C@@H]1COC2[C@H](Oc3nc4nc(-c5ccc(-c6ccccc6)cc5)c(Cl)cc4[nH]3)CO[C@@H]21. The number of aromatic nitrogens is 3. The minimum Gasteiger partial charge on any atom is -0.456 e. The second kappa shape index (κ2) is 9.56. The lowest BCUT2D eigenvalue weighted by atomic mass is 10.0. The molecule has 35 heavy (non-hydrogen) atoms. The number of H-pyrrole nitrogens is 1. The highest BCUT2D eigenvalue weighted by Gasteiger charge is 2.49. The van der Waals surface area contributed by atoms with Gasteiger partial charge in [0.15, 0.2) is 11.8 Å². The van der Waals surface area contributed by atoms with Crippen molar-refractivity contribution >= 4 is 22.8 Å². The largest absolute Gasteiger partial charge is 0.456 e. The summed E-state index contributed by atoms with van der Waals surface area (Å²) in [5, 5.41) is 9.52. The van der Waals surface area contributed by atoms with Crippen LogP contribution in [-0.4, -0.2) is 70.9 Å². The van der Waals surface area contributed by atoms with E-state index in [4.69, 9.17) is 40.6 Å². The topological polar surface area (TPSA) is 98.7 Å². The molecule has 2 aromatic heterocycles. The van der Waals surface area contributed by atoms with Crippen molar-refractivity contribution < 1.29 is 24.1 Å². The monoisotopic (exact) mass is 493 g/mol. The molecule has 8 nitrogen and oxygen atoms in total. The van der Waals surface area contributed by atoms with Crippen LogP contribution in [0.15, 0.2) is 60.7 Å². The minimum atomic E-state index is -0.330. The molecular weight excluding hydrogens is 470 g/mol. The molecule has 0 bridgehead atoms. The summed E-state index contributed by atoms with van der Waals surface area (Å²) in [5.41, 5.74) is 5.03. The molecule has 2 fully saturated rings. The first-order chi connectivity index (χ1) is 17.2. The van der Waals surface area contributed by atoms with Gasteiger partial charge in [-0.1, -0.05) is 66.2 Å². The van der Waals surface area contributed by atoms with E-state index in [-0.39, 0.29) is 37.6 Å². The number of ether oxygens (including phenoxy) is 4. The molecule has 4 heterocycles. The van der Waals surface area contributed by atoms with Crippen LogP contribution in [0.2, 0.25) is 5.02 Å². The van der Waals surface area contributed by atoms with Crippen LogP contribution in [0, 0.1) is 0 Å². The van der Waals surface area contributed by atoms with Crippen molar-refractivity contribution in [2.24, 2.45) is 0 Å². The number of benzene rings is 2. The number of hydrogen-bond donors (Lipinski definition) is 2. The molecule has 0 amide bonds. The van der Waals surface area contributed by atoms with Gasteiger partial charge in [0.1, 0.15) is 18.3 Å². The van der Waals surface area contributed by atoms with Crippen LogP contribution < -0.4 is 4.74 Å². The first kappa shape index (κ1) is 22.5. The van der Waals surface area contributed by atoms with E-state index in [1.165, 1.54) is 0 Å². The highest BCUT2D eigenvalue weighted by atomic mass is 35.5. The Balaban J connectivity index is 1.20. The summed E-state index contributed by atoms with van der Waals surface area (Å²) >= 11 is 6.58. The number of aliphatic hydroxyl groups excluding tert-OH is 1. The standard InChI is InChI=1S/C26H24ClN3O5/c27-18-12-19-25(29-22(18)17-8-6-16(7-9-17)15-4-2-1-3-5-15)30-26(28-19)35-21-14-34-23-20(32-11-10-31)13-33-24(21)23/h1-9,12,20-21,23-24,31H,10-11,13-14H2,(H,28,29,30)/t20-,21-,23-,24?/m1/s1. The van der Waals surface area contributed by atoms with Gasteiger partial charge in [-0.05, 0) is 17.2 Å². The summed E-state index contributed by atoms with van der Waals surface area (Å²) in [4.78, 5) is 12.4. The van der Waals surface area contributed by atoms with E-state index in [9.17, 15) is 0 Å². The number of nitrogens with one attached hydrogen (secondary N) is 1. The van der Waals surface area contributed by atoms with Gasteiger partial charge in [-0.25, -0.2) is 4.98 Å². The molecule has 6 rings (SSSR count). The smallest absolute Gasteiger partial charge is 0.296 e. The zero-order valence-electron chi connectivity index (χ0n) is 18.8. The van der Waals surface area contributed by atoms with Crippen molar-refractivity contribution in [2.45, 2.75) is 24.4 Å². The van der Waals surface area contributed by atoms with Crippen LogP contribution in [0.1, 0.15) is 0 Å². The van der Waals surface area contributed by atoms with Crippen LogP contribution in [0.4, 0.5) is 0 Å². The summed E-state index contributed by atoms with van der Waals surface area (Å²) in [6, 6.07) is 20.5. The molecule has 1 unspecified atom stereocenters. The maximum atomic E-state index is 9.00. The summed E-state index contributed by atoms with van der Waals surface area (Å²) in [6.45, 7) is 0.971. The van der Waals surface area contributed by atoms with Gasteiger partial charge in [0, 0.05) is 5.56 Å². The molecule has 0 radical (unpaired) electrons. The van der Waals surface area contributed by atoms with Crippen molar-refractivity contribution in [2.75, 3.05) is 26.4 Å². The molecule has 0 spiro atoms. The van der Waals surface area contributed by atoms with Gasteiger partial charge in [0.2, 0.25) is 0 Å². The van der Waals surface area contributed by atoms with Crippen LogP contribution in [0.25, 0.3) is 33.5 Å². The second-order valence-electron chi connectivity index (χ2n) is 8.56. The van der Waals surface area contributed by atoms with E-state index in [1.54, 1.807) is 0 Å². The molecule has 2 aliphatic heterocycles. The predicted octanol–water partition coefficient (Wildman–Crippen LogP) is 3.87. The number of halogens is 1. The lowest BCUT2D eigenvalue weighted by Gasteiger charge is -2.16. The minimum absolute atomic E-state index is 0.0402. The van der Waals surface area contributed by atoms with E-state index < -0.39 is 0 Å². The highest BCUT2D eigenvalue weighted by molar-refractivity contribution is 6.33. The molecule has 9 heteroatoms. The Morgan fingerprint density at radius 3 is 2.37 bits per heavy atom. The van der Waals surface area contributed by atoms with Crippen molar-refractivity contribution in [3.05, 3.63) is 65.7 Å². The van der Waals surface area contributed by atoms with Crippen LogP contribution in [0.3, 0.4) is 0 Å². The normalized spacial score (nSPS) is 23.6. The van der Waals surface area contributed by atoms with Gasteiger partial charge < -0.3 is 29.0 Å². The Morgan fingerprint density at radius 1 is 0.914 bits per heavy atom. The lowest BCUT2D eigenvalue weighted by molar-refractivity contribution is -0.0444. The van der Waals surface area contributed by atoms with Gasteiger partial charge in [-0.2, -0.15) is 4.98 Å². The number of nitrogens with zero attached hydrogens (tertiary/aromatic N) is 2. The Morgan fingerprint density at radius 2 is 1.60 bits per heavy atom. The van der Waals surface area contributed by atoms with Gasteiger partial charge in [0.05, 0.1) is 42.7 Å². The first-order valence-corrected chi connectivity index (χ1v) is 11.9. The summed E-state index contributed by atoms with van der Waals surface area (Å²) < 4.78 is 23.4. The Kier molecular flexibility index (Phi) is 6.13. The Hall–Kier alpha value is -3.01. The molecule has 2 N–H and O–H groups in total. The average molecular weight is 494 g/mol. The number of aromatic amines is 1. The van der Waals surface area contributed by atoms with E-state index >= 15 is 0 Å². The lowest BCUT2D eigenvalue weighted by Crippen LogP contribution is -2.36. The number of rotatable bonds is 7. The van der Waals surface area contributed by atoms with Gasteiger partial charge >= 0.3 is 0 Å². The quantitative estimate of drug-likeness (QED) is 0.403. The third-order valence-electron chi connectivity index (χ3n) is 6.32. The fourth-order valence-electron chi connectivity index (χ4n) is 4.63. The van der Waals surface area contributed by atoms with Gasteiger partial charge in [0.25, 0.3) is 6.01 Å². The Bertz CT molecular complexity index is 1310. The van der Waals surface area contributed by atoms with Crippen molar-refractivity contribution in [3.8, 4) is 28.4 Å². The molecule has 2 saturated heterocycles. The number of aliphatic hydroxyl groups is 1. The van der Waals surface area contributed by atoms with Crippen molar-refractivity contribution in [1.29, 1.82) is 0 Å². The molecule has 180 valence electrons. The molecule has 2 aliphatic rings. The van der Waals surface area contributed by atoms with Crippen molar-refractivity contribution in [1.82, 2.24) is 15.0 Å². The maximum Gasteiger partial charge on any atom is 0.296 e. The number of imidazole rings is 1. The van der Waals surface area contributed by atoms with E-state index in [2.05, 4.69) is 34.2 Å². The van der Waals surface area contributed by atoms with E-state index in [1.807, 2.05) is 36.4 Å². The third-order valence-corrected chi connectivity index (χ3v) is 6.61.